The van der Waals surface area contributed by atoms with Crippen molar-refractivity contribution in [1.29, 1.82) is 0 Å². The van der Waals surface area contributed by atoms with Crippen LogP contribution in [0.1, 0.15) is 10.5 Å². The van der Waals surface area contributed by atoms with E-state index in [1.54, 1.807) is 24.5 Å². The SMILES string of the molecule is Cn1nc(-c2cccs2)cc1C(N)=O. The molecule has 0 aromatic carbocycles. The van der Waals surface area contributed by atoms with Crippen molar-refractivity contribution < 1.29 is 4.79 Å². The molecule has 4 nitrogen and oxygen atoms in total. The Bertz CT molecular complexity index is 458. The summed E-state index contributed by atoms with van der Waals surface area (Å²) in [5.74, 6) is -0.456. The van der Waals surface area contributed by atoms with E-state index >= 15 is 0 Å². The Morgan fingerprint density at radius 2 is 2.43 bits per heavy atom. The van der Waals surface area contributed by atoms with E-state index in [0.717, 1.165) is 10.6 Å². The van der Waals surface area contributed by atoms with E-state index < -0.39 is 5.91 Å². The van der Waals surface area contributed by atoms with Gasteiger partial charge in [0.05, 0.1) is 4.88 Å². The summed E-state index contributed by atoms with van der Waals surface area (Å²) >= 11 is 1.58. The quantitative estimate of drug-likeness (QED) is 0.805. The maximum atomic E-state index is 11.0. The van der Waals surface area contributed by atoms with Crippen molar-refractivity contribution in [2.75, 3.05) is 0 Å². The molecule has 0 atom stereocenters. The molecule has 0 saturated carbocycles. The highest BCUT2D eigenvalue weighted by molar-refractivity contribution is 7.13. The van der Waals surface area contributed by atoms with Crippen LogP contribution in [0.5, 0.6) is 0 Å². The first-order valence-electron chi connectivity index (χ1n) is 4.06. The van der Waals surface area contributed by atoms with Crippen LogP contribution in [0.15, 0.2) is 23.6 Å². The summed E-state index contributed by atoms with van der Waals surface area (Å²) in [6.45, 7) is 0. The molecule has 72 valence electrons. The Balaban J connectivity index is 2.48. The summed E-state index contributed by atoms with van der Waals surface area (Å²) in [5.41, 5.74) is 6.40. The van der Waals surface area contributed by atoms with Gasteiger partial charge in [-0.05, 0) is 17.5 Å². The highest BCUT2D eigenvalue weighted by atomic mass is 32.1. The number of carbonyl (C=O) groups excluding carboxylic acids is 1. The molecule has 2 heterocycles. The molecular weight excluding hydrogens is 198 g/mol. The summed E-state index contributed by atoms with van der Waals surface area (Å²) in [6, 6.07) is 5.60. The number of amides is 1. The summed E-state index contributed by atoms with van der Waals surface area (Å²) < 4.78 is 1.50. The fourth-order valence-corrected chi connectivity index (χ4v) is 1.92. The molecule has 2 aromatic heterocycles. The van der Waals surface area contributed by atoms with E-state index in [0.29, 0.717) is 5.69 Å². The van der Waals surface area contributed by atoms with Gasteiger partial charge in [0.15, 0.2) is 0 Å². The third kappa shape index (κ3) is 1.42. The van der Waals surface area contributed by atoms with Crippen LogP contribution in [0.4, 0.5) is 0 Å². The predicted molar refractivity (Wildman–Crippen MR) is 55.0 cm³/mol. The minimum absolute atomic E-state index is 0.424. The standard InChI is InChI=1S/C9H9N3OS/c1-12-7(9(10)13)5-6(11-12)8-3-2-4-14-8/h2-5H,1H3,(H2,10,13). The molecule has 0 aliphatic carbocycles. The van der Waals surface area contributed by atoms with Gasteiger partial charge in [-0.2, -0.15) is 5.10 Å². The predicted octanol–water partition coefficient (Wildman–Crippen LogP) is 1.25. The van der Waals surface area contributed by atoms with Crippen molar-refractivity contribution in [2.24, 2.45) is 12.8 Å². The second-order valence-electron chi connectivity index (χ2n) is 2.88. The largest absolute Gasteiger partial charge is 0.364 e. The summed E-state index contributed by atoms with van der Waals surface area (Å²) in [6.07, 6.45) is 0. The van der Waals surface area contributed by atoms with Gasteiger partial charge < -0.3 is 5.73 Å². The zero-order valence-corrected chi connectivity index (χ0v) is 8.41. The summed E-state index contributed by atoms with van der Waals surface area (Å²) in [4.78, 5) is 12.0. The highest BCUT2D eigenvalue weighted by Crippen LogP contribution is 2.23. The molecule has 2 aromatic rings. The first-order chi connectivity index (χ1) is 6.68. The van der Waals surface area contributed by atoms with Crippen molar-refractivity contribution >= 4 is 17.2 Å². The van der Waals surface area contributed by atoms with E-state index in [-0.39, 0.29) is 0 Å². The van der Waals surface area contributed by atoms with Gasteiger partial charge in [-0.3, -0.25) is 9.48 Å². The molecule has 0 fully saturated rings. The third-order valence-electron chi connectivity index (χ3n) is 1.91. The van der Waals surface area contributed by atoms with Crippen LogP contribution in [0.3, 0.4) is 0 Å². The molecule has 0 bridgehead atoms. The number of thiophene rings is 1. The van der Waals surface area contributed by atoms with Crippen LogP contribution in [0.2, 0.25) is 0 Å². The molecule has 1 amide bonds. The number of nitrogens with two attached hydrogens (primary N) is 1. The number of carbonyl (C=O) groups is 1. The number of aryl methyl sites for hydroxylation is 1. The maximum Gasteiger partial charge on any atom is 0.266 e. The van der Waals surface area contributed by atoms with Crippen LogP contribution < -0.4 is 5.73 Å². The Kier molecular flexibility index (Phi) is 2.09. The van der Waals surface area contributed by atoms with Gasteiger partial charge in [-0.15, -0.1) is 11.3 Å². The molecule has 2 N–H and O–H groups in total. The zero-order valence-electron chi connectivity index (χ0n) is 7.60. The fourth-order valence-electron chi connectivity index (χ4n) is 1.24. The highest BCUT2D eigenvalue weighted by Gasteiger charge is 2.11. The van der Waals surface area contributed by atoms with Crippen molar-refractivity contribution in [3.8, 4) is 10.6 Å². The summed E-state index contributed by atoms with van der Waals surface area (Å²) in [5, 5.41) is 6.17. The van der Waals surface area contributed by atoms with Crippen LogP contribution in [-0.4, -0.2) is 15.7 Å². The molecule has 5 heteroatoms. The van der Waals surface area contributed by atoms with Gasteiger partial charge >= 0.3 is 0 Å². The molecule has 0 aliphatic rings. The van der Waals surface area contributed by atoms with E-state index in [2.05, 4.69) is 5.10 Å². The second-order valence-corrected chi connectivity index (χ2v) is 3.83. The Morgan fingerprint density at radius 1 is 1.64 bits per heavy atom. The number of nitrogens with zero attached hydrogens (tertiary/aromatic N) is 2. The maximum absolute atomic E-state index is 11.0. The Hall–Kier alpha value is -1.62. The van der Waals surface area contributed by atoms with E-state index in [9.17, 15) is 4.79 Å². The topological polar surface area (TPSA) is 60.9 Å². The van der Waals surface area contributed by atoms with Gasteiger partial charge in [-0.25, -0.2) is 0 Å². The van der Waals surface area contributed by atoms with Crippen molar-refractivity contribution in [1.82, 2.24) is 9.78 Å². The van der Waals surface area contributed by atoms with E-state index in [1.165, 1.54) is 4.68 Å². The minimum Gasteiger partial charge on any atom is -0.364 e. The second kappa shape index (κ2) is 3.26. The third-order valence-corrected chi connectivity index (χ3v) is 2.80. The van der Waals surface area contributed by atoms with Crippen LogP contribution >= 0.6 is 11.3 Å². The Morgan fingerprint density at radius 3 is 2.93 bits per heavy atom. The van der Waals surface area contributed by atoms with Crippen LogP contribution in [-0.2, 0) is 7.05 Å². The number of aromatic nitrogens is 2. The lowest BCUT2D eigenvalue weighted by Gasteiger charge is -1.92. The number of rotatable bonds is 2. The molecule has 0 radical (unpaired) electrons. The molecule has 0 unspecified atom stereocenters. The van der Waals surface area contributed by atoms with E-state index in [4.69, 9.17) is 5.73 Å². The lowest BCUT2D eigenvalue weighted by Crippen LogP contribution is -2.15. The van der Waals surface area contributed by atoms with Gasteiger partial charge in [0.25, 0.3) is 5.91 Å². The molecule has 0 aliphatic heterocycles. The van der Waals surface area contributed by atoms with Crippen molar-refractivity contribution in [2.45, 2.75) is 0 Å². The van der Waals surface area contributed by atoms with Gasteiger partial charge in [0, 0.05) is 7.05 Å². The molecule has 2 rings (SSSR count). The average Bonchev–Trinajstić information content (AvgIpc) is 2.70. The lowest BCUT2D eigenvalue weighted by molar-refractivity contribution is 0.0991. The first kappa shape index (κ1) is 8.96. The zero-order chi connectivity index (χ0) is 10.1. The number of primary amides is 1. The van der Waals surface area contributed by atoms with Crippen molar-refractivity contribution in [3.05, 3.63) is 29.3 Å². The Labute approximate surface area is 85.0 Å². The molecular formula is C9H9N3OS. The fraction of sp³-hybridized carbons (Fsp3) is 0.111. The lowest BCUT2D eigenvalue weighted by atomic mass is 10.3. The summed E-state index contributed by atoms with van der Waals surface area (Å²) in [7, 11) is 1.71. The smallest absolute Gasteiger partial charge is 0.266 e. The minimum atomic E-state index is -0.456. The molecule has 0 spiro atoms. The average molecular weight is 207 g/mol. The van der Waals surface area contributed by atoms with E-state index in [1.807, 2.05) is 17.5 Å². The normalized spacial score (nSPS) is 10.4. The van der Waals surface area contributed by atoms with Gasteiger partial charge in [-0.1, -0.05) is 6.07 Å². The molecule has 14 heavy (non-hydrogen) atoms. The van der Waals surface area contributed by atoms with Crippen LogP contribution in [0.25, 0.3) is 10.6 Å². The molecule has 0 saturated heterocycles. The first-order valence-corrected chi connectivity index (χ1v) is 4.94. The van der Waals surface area contributed by atoms with Gasteiger partial charge in [0.2, 0.25) is 0 Å². The van der Waals surface area contributed by atoms with Crippen molar-refractivity contribution in [3.63, 3.8) is 0 Å². The van der Waals surface area contributed by atoms with Crippen LogP contribution in [0, 0.1) is 0 Å². The monoisotopic (exact) mass is 207 g/mol. The van der Waals surface area contributed by atoms with Gasteiger partial charge in [0.1, 0.15) is 11.4 Å². The number of hydrogen-bond donors (Lipinski definition) is 1. The number of hydrogen-bond acceptors (Lipinski definition) is 3.